The van der Waals surface area contributed by atoms with Crippen LogP contribution in [0.4, 0.5) is 0 Å². The molecule has 0 atom stereocenters. The molecule has 128 valence electrons. The Morgan fingerprint density at radius 1 is 0.667 bits per heavy atom. The second-order valence-corrected chi connectivity index (χ2v) is 6.64. The monoisotopic (exact) mass is 346 g/mol. The average molecular weight is 346 g/mol. The van der Waals surface area contributed by atoms with Gasteiger partial charge < -0.3 is 0 Å². The topological polar surface area (TPSA) is 28.7 Å². The van der Waals surface area contributed by atoms with E-state index in [1.807, 2.05) is 18.2 Å². The maximum Gasteiger partial charge on any atom is 0.0927 e. The van der Waals surface area contributed by atoms with Crippen LogP contribution in [-0.2, 0) is 0 Å². The number of fused-ring (bicyclic) bond motifs is 2. The maximum atomic E-state index is 4.50. The van der Waals surface area contributed by atoms with E-state index >= 15 is 0 Å². The molecule has 5 rings (SSSR count). The van der Waals surface area contributed by atoms with E-state index in [0.717, 1.165) is 16.6 Å². The molecule has 0 aliphatic rings. The fourth-order valence-electron chi connectivity index (χ4n) is 3.55. The molecule has 0 saturated carbocycles. The van der Waals surface area contributed by atoms with Gasteiger partial charge in [0.1, 0.15) is 0 Å². The van der Waals surface area contributed by atoms with Gasteiger partial charge in [0.05, 0.1) is 11.2 Å². The van der Waals surface area contributed by atoms with Crippen LogP contribution in [0, 0.1) is 0 Å². The van der Waals surface area contributed by atoms with Crippen LogP contribution in [0.25, 0.3) is 45.0 Å². The molecule has 0 aliphatic carbocycles. The summed E-state index contributed by atoms with van der Waals surface area (Å²) in [5.41, 5.74) is 5.61. The van der Waals surface area contributed by atoms with Crippen LogP contribution in [0.5, 0.6) is 0 Å². The Morgan fingerprint density at radius 3 is 2.41 bits per heavy atom. The summed E-state index contributed by atoms with van der Waals surface area (Å²) in [5.74, 6) is 0. The van der Waals surface area contributed by atoms with Gasteiger partial charge in [-0.1, -0.05) is 84.9 Å². The van der Waals surface area contributed by atoms with E-state index in [2.05, 4.69) is 95.1 Å². The summed E-state index contributed by atoms with van der Waals surface area (Å²) in [6, 6.07) is 31.7. The van der Waals surface area contributed by atoms with Crippen LogP contribution >= 0.6 is 0 Å². The Balaban J connectivity index is 1.56. The van der Waals surface area contributed by atoms with Gasteiger partial charge in [0.15, 0.2) is 0 Å². The van der Waals surface area contributed by atoms with Crippen molar-refractivity contribution in [3.05, 3.63) is 102 Å². The molecule has 0 unspecified atom stereocenters. The number of nitrogens with zero attached hydrogens (tertiary/aromatic N) is 1. The molecule has 0 saturated heterocycles. The van der Waals surface area contributed by atoms with E-state index < -0.39 is 0 Å². The lowest BCUT2D eigenvalue weighted by atomic mass is 9.97. The van der Waals surface area contributed by atoms with Crippen LogP contribution in [0.2, 0.25) is 0 Å². The van der Waals surface area contributed by atoms with E-state index in [9.17, 15) is 0 Å². The predicted molar refractivity (Wildman–Crippen MR) is 114 cm³/mol. The first kappa shape index (κ1) is 15.6. The van der Waals surface area contributed by atoms with Crippen LogP contribution < -0.4 is 0 Å². The van der Waals surface area contributed by atoms with Gasteiger partial charge in [0.2, 0.25) is 0 Å². The van der Waals surface area contributed by atoms with Crippen molar-refractivity contribution in [3.8, 4) is 11.1 Å². The average Bonchev–Trinajstić information content (AvgIpc) is 3.15. The molecular weight excluding hydrogens is 328 g/mol. The van der Waals surface area contributed by atoms with Gasteiger partial charge in [-0.05, 0) is 45.7 Å². The summed E-state index contributed by atoms with van der Waals surface area (Å²) in [6.07, 6.45) is 4.15. The summed E-state index contributed by atoms with van der Waals surface area (Å²) in [7, 11) is 0. The molecule has 2 nitrogen and oxygen atoms in total. The summed E-state index contributed by atoms with van der Waals surface area (Å²) < 4.78 is 0. The lowest BCUT2D eigenvalue weighted by Gasteiger charge is -2.07. The Labute approximate surface area is 157 Å². The van der Waals surface area contributed by atoms with E-state index in [0.29, 0.717) is 0 Å². The molecule has 5 aromatic rings. The first-order valence-electron chi connectivity index (χ1n) is 9.08. The second kappa shape index (κ2) is 6.58. The molecule has 0 fully saturated rings. The molecule has 4 aromatic carbocycles. The van der Waals surface area contributed by atoms with Crippen molar-refractivity contribution in [3.63, 3.8) is 0 Å². The highest BCUT2D eigenvalue weighted by atomic mass is 15.1. The van der Waals surface area contributed by atoms with Crippen LogP contribution in [0.15, 0.2) is 91.0 Å². The molecule has 1 aromatic heterocycles. The summed E-state index contributed by atoms with van der Waals surface area (Å²) in [5, 5.41) is 11.3. The number of H-pyrrole nitrogens is 1. The molecular formula is C25H18N2. The Bertz CT molecular complexity index is 1260. The zero-order chi connectivity index (χ0) is 18.1. The van der Waals surface area contributed by atoms with Crippen LogP contribution in [0.3, 0.4) is 0 Å². The minimum Gasteiger partial charge on any atom is -0.277 e. The number of rotatable bonds is 3. The minimum absolute atomic E-state index is 0.957. The fourth-order valence-corrected chi connectivity index (χ4v) is 3.55. The normalized spacial score (nSPS) is 11.6. The van der Waals surface area contributed by atoms with Crippen LogP contribution in [0.1, 0.15) is 11.3 Å². The quantitative estimate of drug-likeness (QED) is 0.394. The number of hydrogen-bond donors (Lipinski definition) is 1. The van der Waals surface area contributed by atoms with Gasteiger partial charge in [-0.25, -0.2) is 0 Å². The number of nitrogens with one attached hydrogen (secondary N) is 1. The Hall–Kier alpha value is -3.65. The van der Waals surface area contributed by atoms with Crippen molar-refractivity contribution in [2.45, 2.75) is 0 Å². The lowest BCUT2D eigenvalue weighted by molar-refractivity contribution is 1.11. The lowest BCUT2D eigenvalue weighted by Crippen LogP contribution is -1.81. The second-order valence-electron chi connectivity index (χ2n) is 6.64. The van der Waals surface area contributed by atoms with Gasteiger partial charge in [-0.15, -0.1) is 0 Å². The van der Waals surface area contributed by atoms with Gasteiger partial charge in [-0.3, -0.25) is 5.10 Å². The van der Waals surface area contributed by atoms with Crippen molar-refractivity contribution >= 4 is 33.8 Å². The van der Waals surface area contributed by atoms with Crippen molar-refractivity contribution < 1.29 is 0 Å². The third-order valence-electron chi connectivity index (χ3n) is 4.93. The molecule has 1 N–H and O–H groups in total. The number of aromatic nitrogens is 2. The third kappa shape index (κ3) is 2.91. The minimum atomic E-state index is 0.957. The Kier molecular flexibility index (Phi) is 3.80. The highest BCUT2D eigenvalue weighted by molar-refractivity contribution is 5.99. The Morgan fingerprint density at radius 2 is 1.48 bits per heavy atom. The predicted octanol–water partition coefficient (Wildman–Crippen LogP) is 6.55. The molecule has 0 spiro atoms. The number of aromatic amines is 1. The van der Waals surface area contributed by atoms with Gasteiger partial charge in [0.25, 0.3) is 0 Å². The van der Waals surface area contributed by atoms with Gasteiger partial charge in [-0.2, -0.15) is 5.10 Å². The molecule has 0 bridgehead atoms. The van der Waals surface area contributed by atoms with Crippen molar-refractivity contribution in [1.29, 1.82) is 0 Å². The van der Waals surface area contributed by atoms with E-state index in [1.54, 1.807) is 0 Å². The van der Waals surface area contributed by atoms with Gasteiger partial charge >= 0.3 is 0 Å². The van der Waals surface area contributed by atoms with Crippen molar-refractivity contribution in [2.75, 3.05) is 0 Å². The van der Waals surface area contributed by atoms with Crippen molar-refractivity contribution in [2.24, 2.45) is 0 Å². The van der Waals surface area contributed by atoms with E-state index in [1.165, 1.54) is 27.5 Å². The highest BCUT2D eigenvalue weighted by Crippen LogP contribution is 2.31. The molecule has 0 radical (unpaired) electrons. The maximum absolute atomic E-state index is 4.50. The van der Waals surface area contributed by atoms with E-state index in [4.69, 9.17) is 0 Å². The molecule has 0 amide bonds. The number of benzene rings is 4. The van der Waals surface area contributed by atoms with E-state index in [-0.39, 0.29) is 0 Å². The SMILES string of the molecule is C(=C\c1n[nH]c2cc(-c3cccc4ccccc34)ccc12)/c1ccccc1. The summed E-state index contributed by atoms with van der Waals surface area (Å²) in [4.78, 5) is 0. The van der Waals surface area contributed by atoms with Crippen LogP contribution in [-0.4, -0.2) is 10.2 Å². The number of hydrogen-bond acceptors (Lipinski definition) is 1. The summed E-state index contributed by atoms with van der Waals surface area (Å²) >= 11 is 0. The third-order valence-corrected chi connectivity index (χ3v) is 4.93. The smallest absolute Gasteiger partial charge is 0.0927 e. The summed E-state index contributed by atoms with van der Waals surface area (Å²) in [6.45, 7) is 0. The largest absolute Gasteiger partial charge is 0.277 e. The zero-order valence-electron chi connectivity index (χ0n) is 14.8. The molecule has 27 heavy (non-hydrogen) atoms. The molecule has 2 heteroatoms. The first-order chi connectivity index (χ1) is 13.4. The highest BCUT2D eigenvalue weighted by Gasteiger charge is 2.07. The first-order valence-corrected chi connectivity index (χ1v) is 9.08. The molecule has 1 heterocycles. The molecule has 0 aliphatic heterocycles. The zero-order valence-corrected chi connectivity index (χ0v) is 14.8. The van der Waals surface area contributed by atoms with Crippen molar-refractivity contribution in [1.82, 2.24) is 10.2 Å². The fraction of sp³-hybridized carbons (Fsp3) is 0. The standard InChI is InChI=1S/C25H18N2/c1-2-7-18(8-3-1)13-16-24-23-15-14-20(17-25(23)27-26-24)22-12-6-10-19-9-4-5-11-21(19)22/h1-17H,(H,26,27)/b16-13+. The van der Waals surface area contributed by atoms with Gasteiger partial charge in [0, 0.05) is 5.39 Å².